The van der Waals surface area contributed by atoms with Crippen LogP contribution >= 0.6 is 45.9 Å². The molecule has 172 valence electrons. The molecule has 2 aromatic heterocycles. The number of nitrogens with zero attached hydrogens (tertiary/aromatic N) is 3. The first-order valence-corrected chi connectivity index (χ1v) is 13.3. The van der Waals surface area contributed by atoms with E-state index in [0.717, 1.165) is 65.1 Å². The minimum atomic E-state index is -0.115. The highest BCUT2D eigenvalue weighted by atomic mass is 35.5. The number of ether oxygens (including phenoxy) is 1. The third-order valence-corrected chi connectivity index (χ3v) is 9.05. The van der Waals surface area contributed by atoms with Crippen LogP contribution in [0.3, 0.4) is 0 Å². The van der Waals surface area contributed by atoms with Crippen LogP contribution in [0.15, 0.2) is 36.4 Å². The van der Waals surface area contributed by atoms with Gasteiger partial charge in [0.2, 0.25) is 0 Å². The lowest BCUT2D eigenvalue weighted by atomic mass is 10.2. The van der Waals surface area contributed by atoms with E-state index in [1.807, 2.05) is 43.3 Å². The minimum Gasteiger partial charge on any atom is -0.379 e. The van der Waals surface area contributed by atoms with Gasteiger partial charge >= 0.3 is 0 Å². The molecule has 4 aromatic rings. The molecule has 0 saturated carbocycles. The zero-order valence-corrected chi connectivity index (χ0v) is 21.3. The fourth-order valence-corrected chi connectivity index (χ4v) is 6.84. The van der Waals surface area contributed by atoms with Crippen LogP contribution in [0.1, 0.15) is 21.7 Å². The summed E-state index contributed by atoms with van der Waals surface area (Å²) in [5.74, 6) is -0.115. The van der Waals surface area contributed by atoms with E-state index in [-0.39, 0.29) is 5.91 Å². The number of hydrogen-bond donors (Lipinski definition) is 0. The predicted molar refractivity (Wildman–Crippen MR) is 140 cm³/mol. The highest BCUT2D eigenvalue weighted by molar-refractivity contribution is 7.23. The number of fused-ring (bicyclic) bond motifs is 2. The molecule has 0 radical (unpaired) electrons. The number of aryl methyl sites for hydroxylation is 1. The summed E-state index contributed by atoms with van der Waals surface area (Å²) in [5.41, 5.74) is 1.88. The van der Waals surface area contributed by atoms with Gasteiger partial charge in [-0.15, -0.1) is 11.3 Å². The van der Waals surface area contributed by atoms with Gasteiger partial charge in [-0.2, -0.15) is 0 Å². The first-order chi connectivity index (χ1) is 16.0. The zero-order chi connectivity index (χ0) is 22.9. The number of hydrogen-bond acceptors (Lipinski definition) is 6. The number of thiazole rings is 1. The van der Waals surface area contributed by atoms with E-state index < -0.39 is 0 Å². The lowest BCUT2D eigenvalue weighted by Crippen LogP contribution is -2.39. The summed E-state index contributed by atoms with van der Waals surface area (Å²) >= 11 is 16.0. The van der Waals surface area contributed by atoms with Crippen molar-refractivity contribution in [2.75, 3.05) is 44.3 Å². The smallest absolute Gasteiger partial charge is 0.271 e. The molecule has 1 aliphatic rings. The van der Waals surface area contributed by atoms with E-state index in [1.54, 1.807) is 4.90 Å². The number of morpholine rings is 1. The number of halogens is 2. The van der Waals surface area contributed by atoms with Gasteiger partial charge in [0.15, 0.2) is 5.13 Å². The van der Waals surface area contributed by atoms with Crippen LogP contribution < -0.4 is 4.90 Å². The van der Waals surface area contributed by atoms with E-state index in [0.29, 0.717) is 26.6 Å². The molecule has 0 N–H and O–H groups in total. The van der Waals surface area contributed by atoms with Crippen LogP contribution in [0, 0.1) is 6.92 Å². The Labute approximate surface area is 210 Å². The summed E-state index contributed by atoms with van der Waals surface area (Å²) in [6, 6.07) is 11.7. The third-order valence-electron chi connectivity index (χ3n) is 5.85. The van der Waals surface area contributed by atoms with E-state index in [2.05, 4.69) is 4.90 Å². The van der Waals surface area contributed by atoms with Gasteiger partial charge in [0.25, 0.3) is 5.91 Å². The Morgan fingerprint density at radius 3 is 2.70 bits per heavy atom. The summed E-state index contributed by atoms with van der Waals surface area (Å²) in [7, 11) is 0. The Bertz CT molecular complexity index is 1280. The molecular formula is C24H23Cl2N3O2S2. The summed E-state index contributed by atoms with van der Waals surface area (Å²) in [6.45, 7) is 6.83. The molecule has 5 nitrogen and oxygen atoms in total. The van der Waals surface area contributed by atoms with Crippen molar-refractivity contribution in [1.29, 1.82) is 0 Å². The Morgan fingerprint density at radius 2 is 1.94 bits per heavy atom. The molecule has 33 heavy (non-hydrogen) atoms. The highest BCUT2D eigenvalue weighted by Crippen LogP contribution is 2.39. The van der Waals surface area contributed by atoms with E-state index in [9.17, 15) is 4.79 Å². The summed E-state index contributed by atoms with van der Waals surface area (Å²) in [5, 5.41) is 2.72. The van der Waals surface area contributed by atoms with Gasteiger partial charge in [-0.1, -0.05) is 58.8 Å². The summed E-state index contributed by atoms with van der Waals surface area (Å²) in [6.07, 6.45) is 0.830. The molecule has 1 aliphatic heterocycles. The molecule has 0 atom stereocenters. The fourth-order valence-electron chi connectivity index (χ4n) is 4.04. The number of benzene rings is 2. The average molecular weight is 521 g/mol. The molecule has 0 bridgehead atoms. The van der Waals surface area contributed by atoms with Crippen molar-refractivity contribution in [3.05, 3.63) is 56.9 Å². The number of thiophene rings is 1. The normalized spacial score (nSPS) is 14.9. The molecular weight excluding hydrogens is 497 g/mol. The third kappa shape index (κ3) is 4.63. The van der Waals surface area contributed by atoms with Gasteiger partial charge in [0.05, 0.1) is 33.5 Å². The average Bonchev–Trinajstić information content (AvgIpc) is 3.43. The SMILES string of the molecule is Cc1ccc(Cl)c2sc(N(CCCN3CCOCC3)C(=O)c3sc4ccccc4c3Cl)nc12. The standard InChI is InChI=1S/C24H23Cl2N3O2S2/c1-15-7-8-17(25)21-20(15)27-24(33-21)29(10-4-9-28-11-13-31-14-12-28)23(30)22-19(26)16-5-2-3-6-18(16)32-22/h2-3,5-8H,4,9-14H2,1H3. The minimum absolute atomic E-state index is 0.115. The van der Waals surface area contributed by atoms with Gasteiger partial charge in [-0.25, -0.2) is 4.98 Å². The second-order valence-corrected chi connectivity index (χ2v) is 10.9. The van der Waals surface area contributed by atoms with Crippen molar-refractivity contribution in [1.82, 2.24) is 9.88 Å². The molecule has 0 unspecified atom stereocenters. The number of amides is 1. The van der Waals surface area contributed by atoms with Crippen LogP contribution in [0.5, 0.6) is 0 Å². The van der Waals surface area contributed by atoms with Crippen molar-refractivity contribution in [2.45, 2.75) is 13.3 Å². The Morgan fingerprint density at radius 1 is 1.15 bits per heavy atom. The summed E-state index contributed by atoms with van der Waals surface area (Å²) in [4.78, 5) is 23.3. The van der Waals surface area contributed by atoms with Crippen molar-refractivity contribution >= 4 is 77.2 Å². The van der Waals surface area contributed by atoms with E-state index in [4.69, 9.17) is 32.9 Å². The number of aromatic nitrogens is 1. The predicted octanol–water partition coefficient (Wildman–Crippen LogP) is 6.50. The van der Waals surface area contributed by atoms with Crippen molar-refractivity contribution in [2.24, 2.45) is 0 Å². The lowest BCUT2D eigenvalue weighted by molar-refractivity contribution is 0.0376. The maximum atomic E-state index is 13.8. The number of carbonyl (C=O) groups is 1. The molecule has 5 rings (SSSR count). The molecule has 0 spiro atoms. The largest absolute Gasteiger partial charge is 0.379 e. The van der Waals surface area contributed by atoms with Crippen LogP contribution in [-0.2, 0) is 4.74 Å². The molecule has 9 heteroatoms. The first kappa shape index (κ1) is 23.0. The van der Waals surface area contributed by atoms with Crippen LogP contribution in [0.4, 0.5) is 5.13 Å². The molecule has 2 aromatic carbocycles. The number of carbonyl (C=O) groups excluding carboxylic acids is 1. The van der Waals surface area contributed by atoms with Gasteiger partial charge < -0.3 is 4.74 Å². The fraction of sp³-hybridized carbons (Fsp3) is 0.333. The molecule has 1 amide bonds. The summed E-state index contributed by atoms with van der Waals surface area (Å²) < 4.78 is 7.36. The van der Waals surface area contributed by atoms with Gasteiger partial charge in [0.1, 0.15) is 4.88 Å². The molecule has 1 fully saturated rings. The van der Waals surface area contributed by atoms with Crippen LogP contribution in [-0.4, -0.2) is 55.2 Å². The molecule has 3 heterocycles. The molecule has 1 saturated heterocycles. The lowest BCUT2D eigenvalue weighted by Gasteiger charge is -2.27. The number of rotatable bonds is 6. The quantitative estimate of drug-likeness (QED) is 0.291. The second kappa shape index (κ2) is 9.86. The maximum Gasteiger partial charge on any atom is 0.271 e. The van der Waals surface area contributed by atoms with Gasteiger partial charge in [-0.3, -0.25) is 14.6 Å². The van der Waals surface area contributed by atoms with Crippen molar-refractivity contribution in [3.8, 4) is 0 Å². The van der Waals surface area contributed by atoms with Gasteiger partial charge in [-0.05, 0) is 31.0 Å². The highest BCUT2D eigenvalue weighted by Gasteiger charge is 2.27. The van der Waals surface area contributed by atoms with Crippen molar-refractivity contribution < 1.29 is 9.53 Å². The van der Waals surface area contributed by atoms with Crippen LogP contribution in [0.2, 0.25) is 10.0 Å². The zero-order valence-electron chi connectivity index (χ0n) is 18.1. The Kier molecular flexibility index (Phi) is 6.88. The first-order valence-electron chi connectivity index (χ1n) is 10.9. The Balaban J connectivity index is 1.49. The van der Waals surface area contributed by atoms with E-state index in [1.165, 1.54) is 22.7 Å². The van der Waals surface area contributed by atoms with E-state index >= 15 is 0 Å². The maximum absolute atomic E-state index is 13.8. The van der Waals surface area contributed by atoms with Crippen molar-refractivity contribution in [3.63, 3.8) is 0 Å². The topological polar surface area (TPSA) is 45.7 Å². The van der Waals surface area contributed by atoms with Crippen LogP contribution in [0.25, 0.3) is 20.3 Å². The monoisotopic (exact) mass is 519 g/mol. The van der Waals surface area contributed by atoms with Gasteiger partial charge in [0, 0.05) is 36.3 Å². The Hall–Kier alpha value is -1.74. The second-order valence-electron chi connectivity index (χ2n) is 8.04. The number of anilines is 1. The molecule has 0 aliphatic carbocycles.